The Kier molecular flexibility index (Phi) is 6.57. The van der Waals surface area contributed by atoms with Crippen molar-refractivity contribution in [2.75, 3.05) is 0 Å². The second-order valence-corrected chi connectivity index (χ2v) is 12.4. The number of halogens is 1. The number of nitrogens with zero attached hydrogens (tertiary/aromatic N) is 7. The van der Waals surface area contributed by atoms with Crippen LogP contribution in [-0.4, -0.2) is 39.5 Å². The van der Waals surface area contributed by atoms with Gasteiger partial charge in [0.05, 0.1) is 5.02 Å². The number of nitrogens with one attached hydrogen (secondary N) is 1. The van der Waals surface area contributed by atoms with E-state index in [2.05, 4.69) is 52.9 Å². The summed E-state index contributed by atoms with van der Waals surface area (Å²) in [7, 11) is 0. The van der Waals surface area contributed by atoms with Crippen LogP contribution in [0.25, 0.3) is 89.7 Å². The Hall–Kier alpha value is -5.47. The Morgan fingerprint density at radius 3 is 1.62 bits per heavy atom. The minimum Gasteiger partial charge on any atom is -0.324 e. The first-order valence-corrected chi connectivity index (χ1v) is 16.4. The van der Waals surface area contributed by atoms with Gasteiger partial charge in [-0.3, -0.25) is 0 Å². The molecule has 4 aromatic carbocycles. The summed E-state index contributed by atoms with van der Waals surface area (Å²) in [5.74, 6) is 2.38. The van der Waals surface area contributed by atoms with Crippen molar-refractivity contribution in [3.05, 3.63) is 96.0 Å². The third-order valence-corrected chi connectivity index (χ3v) is 9.31. The van der Waals surface area contributed by atoms with E-state index in [1.165, 1.54) is 6.42 Å². The van der Waals surface area contributed by atoms with Gasteiger partial charge in [0.2, 0.25) is 0 Å². The van der Waals surface area contributed by atoms with Crippen molar-refractivity contribution in [1.29, 1.82) is 0 Å². The van der Waals surface area contributed by atoms with Gasteiger partial charge < -0.3 is 9.55 Å². The number of aromatic amines is 1. The highest BCUT2D eigenvalue weighted by Gasteiger charge is 2.23. The second-order valence-electron chi connectivity index (χ2n) is 11.9. The molecule has 8 bridgehead atoms. The first kappa shape index (κ1) is 27.8. The van der Waals surface area contributed by atoms with E-state index in [1.807, 2.05) is 54.6 Å². The number of aromatic nitrogens is 8. The standard InChI is InChI=1S/C38H29ClN8/c1-2-3-4-11-21-47-37-26-17-9-10-18-27(26)38(47)46-34-25-16-8-6-14-23(25)32(41-34)43-36-30-28(19-12-20-29(30)39)35(44-36)42-31-22-13-5-7-15-24(22)33(40-31)45-37/h5-10,12-20H,2-4,11,21H2,1H3,(H,40,41,42,43,44,45,46). The van der Waals surface area contributed by atoms with Crippen LogP contribution in [0.1, 0.15) is 32.6 Å². The molecular weight excluding hydrogens is 604 g/mol. The molecule has 0 amide bonds. The predicted molar refractivity (Wildman–Crippen MR) is 189 cm³/mol. The number of rotatable bonds is 5. The van der Waals surface area contributed by atoms with E-state index >= 15 is 0 Å². The molecule has 2 aliphatic heterocycles. The summed E-state index contributed by atoms with van der Waals surface area (Å²) in [5, 5.41) is 4.24. The molecule has 0 unspecified atom stereocenters. The van der Waals surface area contributed by atoms with Crippen LogP contribution in [0.15, 0.2) is 91.0 Å². The number of aryl methyl sites for hydroxylation is 1. The Morgan fingerprint density at radius 1 is 0.532 bits per heavy atom. The second kappa shape index (κ2) is 11.1. The summed E-state index contributed by atoms with van der Waals surface area (Å²) in [6.45, 7) is 3.00. The molecule has 5 heterocycles. The zero-order valence-electron chi connectivity index (χ0n) is 25.7. The highest BCUT2D eigenvalue weighted by Crippen LogP contribution is 2.38. The fourth-order valence-corrected chi connectivity index (χ4v) is 7.00. The van der Waals surface area contributed by atoms with Crippen LogP contribution < -0.4 is 0 Å². The fraction of sp³-hybridized carbons (Fsp3) is 0.158. The predicted octanol–water partition coefficient (Wildman–Crippen LogP) is 9.58. The number of unbranched alkanes of at least 4 members (excludes halogenated alkanes) is 3. The van der Waals surface area contributed by atoms with Crippen LogP contribution in [0, 0.1) is 0 Å². The highest BCUT2D eigenvalue weighted by molar-refractivity contribution is 6.37. The minimum atomic E-state index is 0.565. The van der Waals surface area contributed by atoms with E-state index in [0.29, 0.717) is 39.6 Å². The average Bonchev–Trinajstić information content (AvgIpc) is 3.82. The molecule has 2 aliphatic rings. The summed E-state index contributed by atoms with van der Waals surface area (Å²) < 4.78 is 2.25. The van der Waals surface area contributed by atoms with Crippen molar-refractivity contribution in [2.24, 2.45) is 0 Å². The van der Waals surface area contributed by atoms with Crippen molar-refractivity contribution in [3.63, 3.8) is 0 Å². The molecule has 9 heteroatoms. The lowest BCUT2D eigenvalue weighted by atomic mass is 10.1. The molecule has 1 N–H and O–H groups in total. The van der Waals surface area contributed by atoms with Crippen LogP contribution in [0.2, 0.25) is 5.02 Å². The largest absolute Gasteiger partial charge is 0.324 e. The van der Waals surface area contributed by atoms with Crippen LogP contribution in [0.3, 0.4) is 0 Å². The van der Waals surface area contributed by atoms with E-state index in [4.69, 9.17) is 41.5 Å². The monoisotopic (exact) mass is 632 g/mol. The Labute approximate surface area is 275 Å². The van der Waals surface area contributed by atoms with Crippen LogP contribution in [0.5, 0.6) is 0 Å². The average molecular weight is 633 g/mol. The first-order chi connectivity index (χ1) is 23.2. The maximum atomic E-state index is 6.81. The van der Waals surface area contributed by atoms with Gasteiger partial charge >= 0.3 is 0 Å². The lowest BCUT2D eigenvalue weighted by Crippen LogP contribution is -2.01. The third kappa shape index (κ3) is 4.51. The minimum absolute atomic E-state index is 0.565. The Balaban J connectivity index is 1.48. The van der Waals surface area contributed by atoms with Gasteiger partial charge in [-0.25, -0.2) is 29.9 Å². The smallest absolute Gasteiger partial charge is 0.164 e. The SMILES string of the molecule is CCCCCCn1c2nc3nc(nc4[nH]c(nc5nc(nc1c1ccccc12)-c1ccccc1-5)c1c(Cl)cccc41)-c1ccccc1-3. The van der Waals surface area contributed by atoms with Gasteiger partial charge in [-0.05, 0) is 12.5 Å². The first-order valence-electron chi connectivity index (χ1n) is 16.1. The molecule has 3 aromatic heterocycles. The van der Waals surface area contributed by atoms with Gasteiger partial charge in [-0.15, -0.1) is 0 Å². The van der Waals surface area contributed by atoms with E-state index in [9.17, 15) is 0 Å². The van der Waals surface area contributed by atoms with E-state index in [0.717, 1.165) is 80.9 Å². The van der Waals surface area contributed by atoms with Crippen LogP contribution >= 0.6 is 11.6 Å². The number of H-pyrrole nitrogens is 1. The summed E-state index contributed by atoms with van der Waals surface area (Å²) in [6, 6.07) is 30.4. The summed E-state index contributed by atoms with van der Waals surface area (Å²) in [6.07, 6.45) is 4.47. The molecule has 0 saturated heterocycles. The summed E-state index contributed by atoms with van der Waals surface area (Å²) in [4.78, 5) is 34.4. The van der Waals surface area contributed by atoms with Crippen LogP contribution in [-0.2, 0) is 6.54 Å². The highest BCUT2D eigenvalue weighted by atomic mass is 35.5. The number of benzene rings is 4. The Morgan fingerprint density at radius 2 is 1.04 bits per heavy atom. The van der Waals surface area contributed by atoms with Gasteiger partial charge in [0.25, 0.3) is 0 Å². The maximum Gasteiger partial charge on any atom is 0.164 e. The molecule has 228 valence electrons. The topological polar surface area (TPSA) is 98.1 Å². The normalized spacial score (nSPS) is 12.0. The van der Waals surface area contributed by atoms with Gasteiger partial charge in [0.1, 0.15) is 22.6 Å². The molecule has 7 aromatic rings. The fourth-order valence-electron chi connectivity index (χ4n) is 6.73. The Bertz CT molecular complexity index is 2550. The van der Waals surface area contributed by atoms with Gasteiger partial charge in [-0.1, -0.05) is 123 Å². The van der Waals surface area contributed by atoms with E-state index < -0.39 is 0 Å². The zero-order chi connectivity index (χ0) is 31.5. The van der Waals surface area contributed by atoms with Crippen molar-refractivity contribution in [2.45, 2.75) is 39.2 Å². The molecule has 47 heavy (non-hydrogen) atoms. The van der Waals surface area contributed by atoms with Crippen molar-refractivity contribution < 1.29 is 0 Å². The molecule has 0 radical (unpaired) electrons. The van der Waals surface area contributed by atoms with Crippen molar-refractivity contribution in [1.82, 2.24) is 39.5 Å². The van der Waals surface area contributed by atoms with Crippen LogP contribution in [0.4, 0.5) is 0 Å². The molecular formula is C38H29ClN8. The van der Waals surface area contributed by atoms with Crippen molar-refractivity contribution >= 4 is 55.7 Å². The molecule has 0 spiro atoms. The van der Waals surface area contributed by atoms with E-state index in [1.54, 1.807) is 0 Å². The van der Waals surface area contributed by atoms with Gasteiger partial charge in [0.15, 0.2) is 23.3 Å². The third-order valence-electron chi connectivity index (χ3n) is 9.00. The molecule has 0 saturated carbocycles. The molecule has 0 atom stereocenters. The van der Waals surface area contributed by atoms with Crippen molar-refractivity contribution in [3.8, 4) is 45.6 Å². The summed E-state index contributed by atoms with van der Waals surface area (Å²) >= 11 is 6.81. The number of hydrogen-bond acceptors (Lipinski definition) is 6. The molecule has 0 aliphatic carbocycles. The summed E-state index contributed by atoms with van der Waals surface area (Å²) in [5.41, 5.74) is 6.55. The lowest BCUT2D eigenvalue weighted by Gasteiger charge is -2.06. The van der Waals surface area contributed by atoms with E-state index in [-0.39, 0.29) is 0 Å². The van der Waals surface area contributed by atoms with Gasteiger partial charge in [-0.2, -0.15) is 0 Å². The zero-order valence-corrected chi connectivity index (χ0v) is 26.5. The lowest BCUT2D eigenvalue weighted by molar-refractivity contribution is 0.598. The molecule has 8 nitrogen and oxygen atoms in total. The maximum absolute atomic E-state index is 6.81. The van der Waals surface area contributed by atoms with Gasteiger partial charge in [0, 0.05) is 50.3 Å². The molecule has 9 rings (SSSR count). The number of hydrogen-bond donors (Lipinski definition) is 1. The molecule has 0 fully saturated rings. The number of fused-ring (bicyclic) bond motifs is 20. The quantitative estimate of drug-likeness (QED) is 0.190.